The monoisotopic (exact) mass is 456 g/mol. The minimum absolute atomic E-state index is 0.220. The quantitative estimate of drug-likeness (QED) is 0.608. The van der Waals surface area contributed by atoms with E-state index in [1.165, 1.54) is 23.8 Å². The Morgan fingerprint density at radius 3 is 2.17 bits per heavy atom. The van der Waals surface area contributed by atoms with E-state index in [9.17, 15) is 13.2 Å². The Labute approximate surface area is 183 Å². The summed E-state index contributed by atoms with van der Waals surface area (Å²) < 4.78 is 26.2. The van der Waals surface area contributed by atoms with Gasteiger partial charge in [-0.1, -0.05) is 61.3 Å². The molecule has 5 nitrogen and oxygen atoms in total. The first-order chi connectivity index (χ1) is 13.6. The molecule has 0 radical (unpaired) electrons. The number of hydrogen-bond acceptors (Lipinski definition) is 3. The number of benzene rings is 2. The minimum Gasteiger partial charge on any atom is -0.348 e. The number of hydrogen-bond donors (Lipinski definition) is 1. The van der Waals surface area contributed by atoms with Gasteiger partial charge in [-0.15, -0.1) is 0 Å². The molecule has 0 heterocycles. The van der Waals surface area contributed by atoms with Crippen LogP contribution in [0, 0.1) is 0 Å². The van der Waals surface area contributed by atoms with Gasteiger partial charge in [-0.05, 0) is 49.1 Å². The number of sulfonamides is 1. The molecule has 0 saturated carbocycles. The second kappa shape index (κ2) is 9.83. The van der Waals surface area contributed by atoms with Crippen LogP contribution in [-0.2, 0) is 21.2 Å². The number of rotatable bonds is 8. The van der Waals surface area contributed by atoms with E-state index in [0.717, 1.165) is 22.5 Å². The summed E-state index contributed by atoms with van der Waals surface area (Å²) in [5.41, 5.74) is 2.45. The van der Waals surface area contributed by atoms with Crippen molar-refractivity contribution in [1.29, 1.82) is 0 Å². The molecule has 0 aliphatic heterocycles. The standard InChI is InChI=1S/C21H26Cl2N2O3S/c1-5-15-7-9-16(10-8-15)14(3)24-21(26)20(6-2)25(29(4,27)28)17-11-12-18(22)19(23)13-17/h7-14,20H,5-6H2,1-4H3,(H,24,26)/t14-,20-/m0/s1. The Balaban J connectivity index is 2.30. The maximum absolute atomic E-state index is 13.0. The van der Waals surface area contributed by atoms with Crippen molar-refractivity contribution in [2.24, 2.45) is 0 Å². The van der Waals surface area contributed by atoms with Crippen LogP contribution >= 0.6 is 23.2 Å². The van der Waals surface area contributed by atoms with Crippen LogP contribution in [0.1, 0.15) is 44.4 Å². The molecular weight excluding hydrogens is 431 g/mol. The fourth-order valence-corrected chi connectivity index (χ4v) is 4.61. The first-order valence-corrected chi connectivity index (χ1v) is 12.0. The van der Waals surface area contributed by atoms with Crippen molar-refractivity contribution in [2.75, 3.05) is 10.6 Å². The number of anilines is 1. The van der Waals surface area contributed by atoms with E-state index in [1.54, 1.807) is 6.92 Å². The van der Waals surface area contributed by atoms with E-state index >= 15 is 0 Å². The van der Waals surface area contributed by atoms with Crippen LogP contribution in [0.3, 0.4) is 0 Å². The maximum Gasteiger partial charge on any atom is 0.244 e. The molecule has 1 amide bonds. The fraction of sp³-hybridized carbons (Fsp3) is 0.381. The predicted octanol–water partition coefficient (Wildman–Crippen LogP) is 4.98. The minimum atomic E-state index is -3.74. The van der Waals surface area contributed by atoms with Crippen LogP contribution in [0.25, 0.3) is 0 Å². The third-order valence-electron chi connectivity index (χ3n) is 4.73. The van der Waals surface area contributed by atoms with Gasteiger partial charge >= 0.3 is 0 Å². The van der Waals surface area contributed by atoms with E-state index in [4.69, 9.17) is 23.2 Å². The smallest absolute Gasteiger partial charge is 0.244 e. The van der Waals surface area contributed by atoms with Crippen molar-refractivity contribution in [3.63, 3.8) is 0 Å². The van der Waals surface area contributed by atoms with Crippen molar-refractivity contribution < 1.29 is 13.2 Å². The summed E-state index contributed by atoms with van der Waals surface area (Å²) in [5.74, 6) is -0.379. The van der Waals surface area contributed by atoms with Gasteiger partial charge in [0.05, 0.1) is 28.0 Å². The van der Waals surface area contributed by atoms with Gasteiger partial charge in [0.25, 0.3) is 0 Å². The molecule has 8 heteroatoms. The molecule has 0 saturated heterocycles. The lowest BCUT2D eigenvalue weighted by Crippen LogP contribution is -2.49. The molecule has 29 heavy (non-hydrogen) atoms. The number of aryl methyl sites for hydroxylation is 1. The van der Waals surface area contributed by atoms with Crippen molar-refractivity contribution in [1.82, 2.24) is 5.32 Å². The molecule has 0 fully saturated rings. The molecule has 2 aromatic carbocycles. The number of carbonyl (C=O) groups excluding carboxylic acids is 1. The largest absolute Gasteiger partial charge is 0.348 e. The van der Waals surface area contributed by atoms with E-state index in [-0.39, 0.29) is 17.0 Å². The highest BCUT2D eigenvalue weighted by molar-refractivity contribution is 7.92. The van der Waals surface area contributed by atoms with Gasteiger partial charge in [0.15, 0.2) is 0 Å². The number of nitrogens with zero attached hydrogens (tertiary/aromatic N) is 1. The SMILES string of the molecule is CCc1ccc([C@H](C)NC(=O)[C@H](CC)N(c2ccc(Cl)c(Cl)c2)S(C)(=O)=O)cc1. The summed E-state index contributed by atoms with van der Waals surface area (Å²) in [6.07, 6.45) is 2.30. The summed E-state index contributed by atoms with van der Waals surface area (Å²) in [4.78, 5) is 13.0. The van der Waals surface area contributed by atoms with Crippen LogP contribution < -0.4 is 9.62 Å². The molecule has 0 spiro atoms. The van der Waals surface area contributed by atoms with E-state index < -0.39 is 16.1 Å². The Hall–Kier alpha value is -1.76. The summed E-state index contributed by atoms with van der Waals surface area (Å²) in [5, 5.41) is 3.46. The second-order valence-corrected chi connectivity index (χ2v) is 9.58. The van der Waals surface area contributed by atoms with Crippen LogP contribution in [0.5, 0.6) is 0 Å². The first-order valence-electron chi connectivity index (χ1n) is 9.42. The maximum atomic E-state index is 13.0. The Kier molecular flexibility index (Phi) is 7.97. The highest BCUT2D eigenvalue weighted by Gasteiger charge is 2.32. The van der Waals surface area contributed by atoms with Crippen LogP contribution in [0.4, 0.5) is 5.69 Å². The van der Waals surface area contributed by atoms with Gasteiger partial charge < -0.3 is 5.32 Å². The average molecular weight is 457 g/mol. The molecule has 0 aliphatic rings. The van der Waals surface area contributed by atoms with Gasteiger partial charge in [0.2, 0.25) is 15.9 Å². The average Bonchev–Trinajstić information content (AvgIpc) is 2.67. The van der Waals surface area contributed by atoms with Crippen LogP contribution in [0.2, 0.25) is 10.0 Å². The lowest BCUT2D eigenvalue weighted by Gasteiger charge is -2.31. The van der Waals surface area contributed by atoms with Gasteiger partial charge in [-0.3, -0.25) is 9.10 Å². The Bertz CT molecular complexity index is 962. The lowest BCUT2D eigenvalue weighted by atomic mass is 10.0. The van der Waals surface area contributed by atoms with Crippen molar-refractivity contribution in [2.45, 2.75) is 45.7 Å². The van der Waals surface area contributed by atoms with Crippen molar-refractivity contribution in [3.05, 3.63) is 63.6 Å². The molecule has 0 unspecified atom stereocenters. The zero-order chi connectivity index (χ0) is 21.8. The number of halogens is 2. The molecule has 158 valence electrons. The highest BCUT2D eigenvalue weighted by Crippen LogP contribution is 2.30. The highest BCUT2D eigenvalue weighted by atomic mass is 35.5. The van der Waals surface area contributed by atoms with Crippen molar-refractivity contribution >= 4 is 44.8 Å². The number of carbonyl (C=O) groups is 1. The number of amides is 1. The summed E-state index contributed by atoms with van der Waals surface area (Å²) >= 11 is 12.0. The van der Waals surface area contributed by atoms with Gasteiger partial charge in [0, 0.05) is 0 Å². The van der Waals surface area contributed by atoms with Crippen LogP contribution in [-0.4, -0.2) is 26.6 Å². The lowest BCUT2D eigenvalue weighted by molar-refractivity contribution is -0.122. The van der Waals surface area contributed by atoms with E-state index in [0.29, 0.717) is 17.1 Å². The molecule has 1 N–H and O–H groups in total. The Morgan fingerprint density at radius 1 is 1.07 bits per heavy atom. The molecule has 2 rings (SSSR count). The van der Waals surface area contributed by atoms with Crippen LogP contribution in [0.15, 0.2) is 42.5 Å². The molecule has 2 atom stereocenters. The van der Waals surface area contributed by atoms with E-state index in [1.807, 2.05) is 31.2 Å². The summed E-state index contributed by atoms with van der Waals surface area (Å²) in [6.45, 7) is 5.71. The third-order valence-corrected chi connectivity index (χ3v) is 6.65. The summed E-state index contributed by atoms with van der Waals surface area (Å²) in [6, 6.07) is 11.3. The predicted molar refractivity (Wildman–Crippen MR) is 120 cm³/mol. The second-order valence-electron chi connectivity index (χ2n) is 6.91. The molecule has 0 aromatic heterocycles. The normalized spacial score (nSPS) is 13.6. The summed E-state index contributed by atoms with van der Waals surface area (Å²) in [7, 11) is -3.74. The topological polar surface area (TPSA) is 66.5 Å². The first kappa shape index (κ1) is 23.5. The molecule has 0 bridgehead atoms. The number of nitrogens with one attached hydrogen (secondary N) is 1. The molecule has 0 aliphatic carbocycles. The van der Waals surface area contributed by atoms with Gasteiger partial charge in [-0.2, -0.15) is 0 Å². The zero-order valence-electron chi connectivity index (χ0n) is 16.9. The molecule has 2 aromatic rings. The van der Waals surface area contributed by atoms with Gasteiger partial charge in [0.1, 0.15) is 6.04 Å². The Morgan fingerprint density at radius 2 is 1.69 bits per heavy atom. The van der Waals surface area contributed by atoms with Crippen molar-refractivity contribution in [3.8, 4) is 0 Å². The fourth-order valence-electron chi connectivity index (χ4n) is 3.12. The third kappa shape index (κ3) is 5.87. The molecular formula is C21H26Cl2N2O3S. The zero-order valence-corrected chi connectivity index (χ0v) is 19.3. The van der Waals surface area contributed by atoms with Gasteiger partial charge in [-0.25, -0.2) is 8.42 Å². The van der Waals surface area contributed by atoms with E-state index in [2.05, 4.69) is 12.2 Å².